The number of likely N-dealkylation sites (tertiary alicyclic amines) is 1. The van der Waals surface area contributed by atoms with Crippen LogP contribution < -0.4 is 5.32 Å². The Morgan fingerprint density at radius 1 is 1.11 bits per heavy atom. The first-order valence-electron chi connectivity index (χ1n) is 10.2. The highest BCUT2D eigenvalue weighted by Gasteiger charge is 2.21. The van der Waals surface area contributed by atoms with Gasteiger partial charge >= 0.3 is 6.09 Å². The fourth-order valence-corrected chi connectivity index (χ4v) is 3.27. The number of amides is 2. The molecule has 1 aliphatic heterocycles. The first-order valence-corrected chi connectivity index (χ1v) is 10.2. The van der Waals surface area contributed by atoms with Crippen LogP contribution in [0.4, 0.5) is 4.79 Å². The van der Waals surface area contributed by atoms with Crippen molar-refractivity contribution in [3.8, 4) is 0 Å². The summed E-state index contributed by atoms with van der Waals surface area (Å²) < 4.78 is 5.26. The van der Waals surface area contributed by atoms with E-state index in [-0.39, 0.29) is 12.5 Å². The third kappa shape index (κ3) is 8.30. The fraction of sp³-hybridized carbons (Fsp3) is 0.636. The Balaban J connectivity index is 1.80. The van der Waals surface area contributed by atoms with Gasteiger partial charge in [-0.2, -0.15) is 0 Å². The predicted molar refractivity (Wildman–Crippen MR) is 111 cm³/mol. The molecule has 0 aromatic heterocycles. The van der Waals surface area contributed by atoms with Gasteiger partial charge in [0.25, 0.3) is 0 Å². The molecule has 1 aliphatic rings. The molecule has 0 bridgehead atoms. The van der Waals surface area contributed by atoms with E-state index >= 15 is 0 Å². The summed E-state index contributed by atoms with van der Waals surface area (Å²) >= 11 is 0. The molecule has 6 heteroatoms. The normalized spacial score (nSPS) is 15.6. The number of ether oxygens (including phenoxy) is 1. The molecular formula is C22H35N3O3. The highest BCUT2D eigenvalue weighted by atomic mass is 16.6. The summed E-state index contributed by atoms with van der Waals surface area (Å²) in [7, 11) is 1.56. The monoisotopic (exact) mass is 389 g/mol. The lowest BCUT2D eigenvalue weighted by atomic mass is 10.1. The second-order valence-corrected chi connectivity index (χ2v) is 8.62. The average Bonchev–Trinajstić information content (AvgIpc) is 2.87. The Labute approximate surface area is 169 Å². The van der Waals surface area contributed by atoms with Crippen molar-refractivity contribution in [3.63, 3.8) is 0 Å². The summed E-state index contributed by atoms with van der Waals surface area (Å²) in [4.78, 5) is 27.9. The van der Waals surface area contributed by atoms with Crippen molar-refractivity contribution in [2.75, 3.05) is 26.7 Å². The van der Waals surface area contributed by atoms with E-state index in [1.807, 2.05) is 12.1 Å². The van der Waals surface area contributed by atoms with Crippen LogP contribution in [-0.2, 0) is 22.6 Å². The predicted octanol–water partition coefficient (Wildman–Crippen LogP) is 3.55. The highest BCUT2D eigenvalue weighted by Crippen LogP contribution is 2.14. The molecule has 6 nitrogen and oxygen atoms in total. The molecule has 156 valence electrons. The van der Waals surface area contributed by atoms with Gasteiger partial charge in [-0.05, 0) is 57.8 Å². The maximum atomic E-state index is 12.2. The van der Waals surface area contributed by atoms with E-state index in [2.05, 4.69) is 22.3 Å². The average molecular weight is 390 g/mol. The molecule has 1 aromatic carbocycles. The zero-order valence-electron chi connectivity index (χ0n) is 17.8. The van der Waals surface area contributed by atoms with E-state index < -0.39 is 11.7 Å². The van der Waals surface area contributed by atoms with Crippen LogP contribution in [0.15, 0.2) is 24.3 Å². The molecule has 0 saturated carbocycles. The summed E-state index contributed by atoms with van der Waals surface area (Å²) in [6.45, 7) is 9.13. The van der Waals surface area contributed by atoms with Crippen molar-refractivity contribution in [1.29, 1.82) is 0 Å². The molecule has 2 rings (SSSR count). The summed E-state index contributed by atoms with van der Waals surface area (Å²) in [5.41, 5.74) is 1.77. The van der Waals surface area contributed by atoms with Gasteiger partial charge in [0.1, 0.15) is 12.1 Å². The van der Waals surface area contributed by atoms with Crippen molar-refractivity contribution in [2.24, 2.45) is 0 Å². The van der Waals surface area contributed by atoms with E-state index in [4.69, 9.17) is 4.74 Å². The van der Waals surface area contributed by atoms with Crippen LogP contribution in [0.3, 0.4) is 0 Å². The molecule has 0 spiro atoms. The van der Waals surface area contributed by atoms with E-state index in [0.717, 1.165) is 25.2 Å². The Morgan fingerprint density at radius 3 is 2.39 bits per heavy atom. The lowest BCUT2D eigenvalue weighted by molar-refractivity contribution is -0.122. The third-order valence-electron chi connectivity index (χ3n) is 4.67. The molecule has 28 heavy (non-hydrogen) atoms. The number of nitrogens with one attached hydrogen (secondary N) is 1. The van der Waals surface area contributed by atoms with Crippen LogP contribution in [0, 0.1) is 0 Å². The molecule has 0 atom stereocenters. The third-order valence-corrected chi connectivity index (χ3v) is 4.67. The molecule has 2 amide bonds. The fourth-order valence-electron chi connectivity index (χ4n) is 3.27. The van der Waals surface area contributed by atoms with Crippen molar-refractivity contribution >= 4 is 12.0 Å². The van der Waals surface area contributed by atoms with Gasteiger partial charge in [-0.25, -0.2) is 4.79 Å². The number of carbonyl (C=O) groups excluding carboxylic acids is 2. The van der Waals surface area contributed by atoms with Gasteiger partial charge < -0.3 is 15.0 Å². The van der Waals surface area contributed by atoms with Crippen molar-refractivity contribution in [1.82, 2.24) is 15.1 Å². The number of hydrogen-bond acceptors (Lipinski definition) is 4. The quantitative estimate of drug-likeness (QED) is 0.808. The van der Waals surface area contributed by atoms with Crippen LogP contribution in [0.25, 0.3) is 0 Å². The van der Waals surface area contributed by atoms with E-state index in [1.165, 1.54) is 36.1 Å². The van der Waals surface area contributed by atoms with Gasteiger partial charge in [0, 0.05) is 20.1 Å². The second kappa shape index (κ2) is 10.5. The topological polar surface area (TPSA) is 61.9 Å². The zero-order valence-corrected chi connectivity index (χ0v) is 17.8. The lowest BCUT2D eigenvalue weighted by Crippen LogP contribution is -2.40. The Bertz CT molecular complexity index is 647. The maximum Gasteiger partial charge on any atom is 0.410 e. The van der Waals surface area contributed by atoms with Crippen molar-refractivity contribution < 1.29 is 14.3 Å². The Morgan fingerprint density at radius 2 is 1.75 bits per heavy atom. The Kier molecular flexibility index (Phi) is 8.30. The molecule has 1 saturated heterocycles. The van der Waals surface area contributed by atoms with Gasteiger partial charge in [-0.15, -0.1) is 0 Å². The van der Waals surface area contributed by atoms with E-state index in [9.17, 15) is 9.59 Å². The smallest absolute Gasteiger partial charge is 0.410 e. The highest BCUT2D eigenvalue weighted by molar-refractivity contribution is 5.82. The molecule has 0 aliphatic carbocycles. The number of likely N-dealkylation sites (N-methyl/N-ethyl adjacent to an activating group) is 1. The van der Waals surface area contributed by atoms with E-state index in [0.29, 0.717) is 6.54 Å². The number of hydrogen-bond donors (Lipinski definition) is 1. The maximum absolute atomic E-state index is 12.2. The first kappa shape index (κ1) is 22.2. The molecular weight excluding hydrogens is 354 g/mol. The van der Waals surface area contributed by atoms with Crippen LogP contribution in [-0.4, -0.2) is 54.1 Å². The van der Waals surface area contributed by atoms with Gasteiger partial charge in [-0.1, -0.05) is 37.1 Å². The van der Waals surface area contributed by atoms with Gasteiger partial charge in [-0.3, -0.25) is 9.69 Å². The summed E-state index contributed by atoms with van der Waals surface area (Å²) in [5, 5.41) is 2.89. The zero-order chi connectivity index (χ0) is 20.6. The van der Waals surface area contributed by atoms with Gasteiger partial charge in [0.15, 0.2) is 0 Å². The lowest BCUT2D eigenvalue weighted by Gasteiger charge is -2.24. The van der Waals surface area contributed by atoms with Gasteiger partial charge in [0.05, 0.1) is 0 Å². The molecule has 0 unspecified atom stereocenters. The molecule has 1 fully saturated rings. The number of carbonyl (C=O) groups is 2. The minimum atomic E-state index is -0.574. The molecule has 1 aromatic rings. The summed E-state index contributed by atoms with van der Waals surface area (Å²) in [5.74, 6) is -0.203. The Hall–Kier alpha value is -2.08. The minimum Gasteiger partial charge on any atom is -0.444 e. The van der Waals surface area contributed by atoms with Gasteiger partial charge in [0.2, 0.25) is 5.91 Å². The first-order chi connectivity index (χ1) is 13.2. The van der Waals surface area contributed by atoms with Crippen LogP contribution in [0.2, 0.25) is 0 Å². The summed E-state index contributed by atoms with van der Waals surface area (Å²) in [6.07, 6.45) is 4.73. The molecule has 0 radical (unpaired) electrons. The SMILES string of the molecule is CN(CC(=O)NCc1cccc(CN2CCCCCC2)c1)C(=O)OC(C)(C)C. The molecule has 1 N–H and O–H groups in total. The number of rotatable bonds is 6. The van der Waals surface area contributed by atoms with Crippen molar-refractivity contribution in [3.05, 3.63) is 35.4 Å². The largest absolute Gasteiger partial charge is 0.444 e. The standard InChI is InChI=1S/C22H35N3O3/c1-22(2,3)28-21(27)24(4)17-20(26)23-15-18-10-9-11-19(14-18)16-25-12-7-5-6-8-13-25/h9-11,14H,5-8,12-13,15-17H2,1-4H3,(H,23,26). The van der Waals surface area contributed by atoms with E-state index in [1.54, 1.807) is 27.8 Å². The number of benzene rings is 1. The van der Waals surface area contributed by atoms with Crippen LogP contribution in [0.5, 0.6) is 0 Å². The van der Waals surface area contributed by atoms with Crippen molar-refractivity contribution in [2.45, 2.75) is 65.1 Å². The number of nitrogens with zero attached hydrogens (tertiary/aromatic N) is 2. The van der Waals surface area contributed by atoms with Crippen LogP contribution in [0.1, 0.15) is 57.6 Å². The molecule has 1 heterocycles. The second-order valence-electron chi connectivity index (χ2n) is 8.62. The minimum absolute atomic E-state index is 0.0254. The summed E-state index contributed by atoms with van der Waals surface area (Å²) in [6, 6.07) is 8.36. The van der Waals surface area contributed by atoms with Crippen LogP contribution >= 0.6 is 0 Å².